The molecule has 0 aliphatic carbocycles. The van der Waals surface area contributed by atoms with Crippen molar-refractivity contribution in [3.63, 3.8) is 0 Å². The van der Waals surface area contributed by atoms with Gasteiger partial charge in [0.25, 0.3) is 10.9 Å². The number of hydrogen-bond donors (Lipinski definition) is 2. The topological polar surface area (TPSA) is 75.4 Å². The third kappa shape index (κ3) is 3.00. The molecule has 6 heteroatoms. The van der Waals surface area contributed by atoms with Gasteiger partial charge >= 0.3 is 0 Å². The Morgan fingerprint density at radius 2 is 1.80 bits per heavy atom. The monoisotopic (exact) mass is 295 g/mol. The first-order valence-electron chi connectivity index (χ1n) is 6.07. The van der Waals surface area contributed by atoms with Gasteiger partial charge in [0.15, 0.2) is 0 Å². The molecule has 0 saturated carbocycles. The lowest BCUT2D eigenvalue weighted by Gasteiger charge is -2.19. The van der Waals surface area contributed by atoms with Gasteiger partial charge in [-0.25, -0.2) is 0 Å². The Balaban J connectivity index is 0.00000200. The molecule has 0 bridgehead atoms. The van der Waals surface area contributed by atoms with Crippen LogP contribution in [0.1, 0.15) is 11.1 Å². The number of benzene rings is 1. The SMILES string of the molecule is CN(C)c1c(NCc2cccc(CN)c2)c(=O)c1=O.Cl. The average molecular weight is 296 g/mol. The van der Waals surface area contributed by atoms with Gasteiger partial charge in [0.05, 0.1) is 0 Å². The highest BCUT2D eigenvalue weighted by molar-refractivity contribution is 5.85. The summed E-state index contributed by atoms with van der Waals surface area (Å²) < 4.78 is 0. The molecule has 20 heavy (non-hydrogen) atoms. The van der Waals surface area contributed by atoms with E-state index in [-0.39, 0.29) is 12.4 Å². The van der Waals surface area contributed by atoms with E-state index in [0.29, 0.717) is 24.5 Å². The zero-order valence-electron chi connectivity index (χ0n) is 11.5. The van der Waals surface area contributed by atoms with Crippen molar-refractivity contribution in [3.05, 3.63) is 55.8 Å². The van der Waals surface area contributed by atoms with E-state index in [1.54, 1.807) is 19.0 Å². The van der Waals surface area contributed by atoms with Crippen LogP contribution in [0.2, 0.25) is 0 Å². The Labute approximate surface area is 123 Å². The standard InChI is InChI=1S/C14H17N3O2.ClH/c1-17(2)12-11(13(18)14(12)19)16-8-10-5-3-4-9(6-10)7-15;/h3-6,16H,7-8,15H2,1-2H3;1H. The molecule has 2 rings (SSSR count). The van der Waals surface area contributed by atoms with Gasteiger partial charge in [0.2, 0.25) is 0 Å². The number of hydrogen-bond acceptors (Lipinski definition) is 5. The largest absolute Gasteiger partial charge is 0.376 e. The van der Waals surface area contributed by atoms with E-state index in [4.69, 9.17) is 5.73 Å². The van der Waals surface area contributed by atoms with Crippen molar-refractivity contribution in [3.8, 4) is 0 Å². The molecule has 0 spiro atoms. The van der Waals surface area contributed by atoms with Crippen molar-refractivity contribution in [1.29, 1.82) is 0 Å². The predicted octanol–water partition coefficient (Wildman–Crippen LogP) is 0.841. The van der Waals surface area contributed by atoms with Gasteiger partial charge in [-0.05, 0) is 11.1 Å². The Hall–Kier alpha value is -1.85. The Morgan fingerprint density at radius 3 is 2.40 bits per heavy atom. The molecular formula is C14H18ClN3O2. The van der Waals surface area contributed by atoms with Crippen LogP contribution in [0.4, 0.5) is 11.4 Å². The van der Waals surface area contributed by atoms with Crippen LogP contribution in [-0.4, -0.2) is 14.1 Å². The van der Waals surface area contributed by atoms with E-state index in [0.717, 1.165) is 11.1 Å². The number of halogens is 1. The van der Waals surface area contributed by atoms with Gasteiger partial charge in [0, 0.05) is 27.2 Å². The second-order valence-electron chi connectivity index (χ2n) is 4.65. The molecular weight excluding hydrogens is 278 g/mol. The first-order valence-corrected chi connectivity index (χ1v) is 6.07. The highest BCUT2D eigenvalue weighted by atomic mass is 35.5. The van der Waals surface area contributed by atoms with Crippen LogP contribution in [0.5, 0.6) is 0 Å². The lowest BCUT2D eigenvalue weighted by Crippen LogP contribution is -2.39. The molecule has 2 aromatic rings. The lowest BCUT2D eigenvalue weighted by atomic mass is 10.1. The summed E-state index contributed by atoms with van der Waals surface area (Å²) in [4.78, 5) is 24.6. The molecule has 108 valence electrons. The second-order valence-corrected chi connectivity index (χ2v) is 4.65. The van der Waals surface area contributed by atoms with Gasteiger partial charge in [-0.3, -0.25) is 9.59 Å². The molecule has 0 radical (unpaired) electrons. The van der Waals surface area contributed by atoms with Gasteiger partial charge in [-0.1, -0.05) is 24.3 Å². The van der Waals surface area contributed by atoms with Crippen molar-refractivity contribution in [2.45, 2.75) is 13.1 Å². The van der Waals surface area contributed by atoms with Crippen LogP contribution in [0, 0.1) is 0 Å². The van der Waals surface area contributed by atoms with E-state index in [2.05, 4.69) is 5.32 Å². The van der Waals surface area contributed by atoms with Gasteiger partial charge in [-0.2, -0.15) is 0 Å². The summed E-state index contributed by atoms with van der Waals surface area (Å²) in [6.07, 6.45) is 0. The molecule has 0 aliphatic heterocycles. The molecule has 0 saturated heterocycles. The molecule has 0 unspecified atom stereocenters. The van der Waals surface area contributed by atoms with Crippen LogP contribution in [0.15, 0.2) is 33.9 Å². The van der Waals surface area contributed by atoms with Gasteiger partial charge < -0.3 is 16.0 Å². The molecule has 0 aromatic heterocycles. The Bertz CT molecular complexity index is 661. The summed E-state index contributed by atoms with van der Waals surface area (Å²) in [7, 11) is 3.49. The fourth-order valence-corrected chi connectivity index (χ4v) is 2.03. The van der Waals surface area contributed by atoms with E-state index >= 15 is 0 Å². The summed E-state index contributed by atoms with van der Waals surface area (Å²) >= 11 is 0. The van der Waals surface area contributed by atoms with Gasteiger partial charge in [0.1, 0.15) is 11.4 Å². The maximum Gasteiger partial charge on any atom is 0.253 e. The summed E-state index contributed by atoms with van der Waals surface area (Å²) in [6, 6.07) is 7.81. The zero-order chi connectivity index (χ0) is 14.0. The van der Waals surface area contributed by atoms with E-state index < -0.39 is 10.9 Å². The number of nitrogens with one attached hydrogen (secondary N) is 1. The smallest absolute Gasteiger partial charge is 0.253 e. The fourth-order valence-electron chi connectivity index (χ4n) is 2.03. The molecule has 0 fully saturated rings. The van der Waals surface area contributed by atoms with E-state index in [1.165, 1.54) is 0 Å². The third-order valence-corrected chi connectivity index (χ3v) is 3.03. The number of nitrogens with zero attached hydrogens (tertiary/aromatic N) is 1. The molecule has 5 nitrogen and oxygen atoms in total. The second kappa shape index (κ2) is 6.54. The summed E-state index contributed by atoms with van der Waals surface area (Å²) in [6.45, 7) is 0.983. The Morgan fingerprint density at radius 1 is 1.15 bits per heavy atom. The van der Waals surface area contributed by atoms with Crippen molar-refractivity contribution < 1.29 is 0 Å². The highest BCUT2D eigenvalue weighted by Gasteiger charge is 2.21. The minimum atomic E-state index is -0.446. The van der Waals surface area contributed by atoms with Crippen LogP contribution < -0.4 is 26.8 Å². The number of nitrogens with two attached hydrogens (primary N) is 1. The normalized spacial score (nSPS) is 10.2. The first kappa shape index (κ1) is 16.2. The minimum absolute atomic E-state index is 0. The summed E-state index contributed by atoms with van der Waals surface area (Å²) in [5, 5.41) is 3.03. The molecule has 0 aliphatic rings. The highest BCUT2D eigenvalue weighted by Crippen LogP contribution is 2.18. The van der Waals surface area contributed by atoms with Crippen molar-refractivity contribution in [1.82, 2.24) is 0 Å². The van der Waals surface area contributed by atoms with Crippen LogP contribution >= 0.6 is 12.4 Å². The average Bonchev–Trinajstić information content (AvgIpc) is 2.42. The lowest BCUT2D eigenvalue weighted by molar-refractivity contribution is 1.04. The van der Waals surface area contributed by atoms with E-state index in [1.807, 2.05) is 24.3 Å². The summed E-state index contributed by atoms with van der Waals surface area (Å²) in [5.41, 5.74) is 7.61. The third-order valence-electron chi connectivity index (χ3n) is 3.03. The zero-order valence-corrected chi connectivity index (χ0v) is 12.3. The maximum absolute atomic E-state index is 11.5. The van der Waals surface area contributed by atoms with Gasteiger partial charge in [-0.15, -0.1) is 12.4 Å². The minimum Gasteiger partial charge on any atom is -0.376 e. The quantitative estimate of drug-likeness (QED) is 0.800. The van der Waals surface area contributed by atoms with Crippen LogP contribution in [0.25, 0.3) is 0 Å². The molecule has 0 atom stereocenters. The number of anilines is 2. The van der Waals surface area contributed by atoms with Crippen LogP contribution in [0.3, 0.4) is 0 Å². The first-order chi connectivity index (χ1) is 9.04. The molecule has 0 amide bonds. The Kier molecular flexibility index (Phi) is 5.30. The van der Waals surface area contributed by atoms with Crippen molar-refractivity contribution in [2.75, 3.05) is 24.3 Å². The maximum atomic E-state index is 11.5. The van der Waals surface area contributed by atoms with Crippen molar-refractivity contribution >= 4 is 23.8 Å². The predicted molar refractivity (Wildman–Crippen MR) is 84.6 cm³/mol. The molecule has 3 N–H and O–H groups in total. The van der Waals surface area contributed by atoms with E-state index in [9.17, 15) is 9.59 Å². The fraction of sp³-hybridized carbons (Fsp3) is 0.286. The van der Waals surface area contributed by atoms with Crippen molar-refractivity contribution in [2.24, 2.45) is 5.73 Å². The molecule has 2 aromatic carbocycles. The molecule has 0 heterocycles. The number of rotatable bonds is 5. The van der Waals surface area contributed by atoms with Crippen LogP contribution in [-0.2, 0) is 13.1 Å². The summed E-state index contributed by atoms with van der Waals surface area (Å²) in [5.74, 6) is 0.